The molecule has 6 heteroatoms. The zero-order chi connectivity index (χ0) is 14.5. The highest BCUT2D eigenvalue weighted by Gasteiger charge is 2.29. The maximum Gasteiger partial charge on any atom is 0.310 e. The molecule has 0 radical (unpaired) electrons. The molecule has 0 aliphatic carbocycles. The van der Waals surface area contributed by atoms with Crippen LogP contribution in [0.5, 0.6) is 0 Å². The van der Waals surface area contributed by atoms with Gasteiger partial charge in [0.25, 0.3) is 0 Å². The fourth-order valence-corrected chi connectivity index (χ4v) is 3.44. The van der Waals surface area contributed by atoms with E-state index in [1.807, 2.05) is 6.07 Å². The largest absolute Gasteiger partial charge is 0.466 e. The number of ether oxygens (including phenoxy) is 1. The molecule has 0 aromatic carbocycles. The molecule has 1 aromatic rings. The fourth-order valence-electron chi connectivity index (χ4n) is 2.36. The molecule has 1 aliphatic rings. The van der Waals surface area contributed by atoms with Crippen LogP contribution in [0.15, 0.2) is 12.1 Å². The van der Waals surface area contributed by atoms with Crippen LogP contribution >= 0.6 is 22.9 Å². The van der Waals surface area contributed by atoms with Crippen molar-refractivity contribution in [1.82, 2.24) is 4.90 Å². The summed E-state index contributed by atoms with van der Waals surface area (Å²) in [5, 5.41) is 0. The minimum absolute atomic E-state index is 0.0533. The van der Waals surface area contributed by atoms with Gasteiger partial charge in [-0.1, -0.05) is 11.6 Å². The quantitative estimate of drug-likeness (QED) is 0.803. The third-order valence-corrected chi connectivity index (χ3v) is 4.58. The molecule has 0 saturated carbocycles. The second kappa shape index (κ2) is 7.09. The smallest absolute Gasteiger partial charge is 0.310 e. The van der Waals surface area contributed by atoms with E-state index >= 15 is 0 Å². The molecular weight excluding hydrogens is 298 g/mol. The van der Waals surface area contributed by atoms with E-state index in [2.05, 4.69) is 0 Å². The SMILES string of the molecule is CCOC(=O)C1CCCN(C(=O)Cc2ccc(Cl)s2)C1. The molecule has 1 aromatic heterocycles. The lowest BCUT2D eigenvalue weighted by Gasteiger charge is -2.31. The molecule has 1 aliphatic heterocycles. The van der Waals surface area contributed by atoms with Gasteiger partial charge in [0.2, 0.25) is 5.91 Å². The third kappa shape index (κ3) is 3.96. The predicted molar refractivity (Wildman–Crippen MR) is 79.0 cm³/mol. The molecule has 110 valence electrons. The van der Waals surface area contributed by atoms with E-state index in [0.29, 0.717) is 30.5 Å². The summed E-state index contributed by atoms with van der Waals surface area (Å²) >= 11 is 7.28. The van der Waals surface area contributed by atoms with Crippen molar-refractivity contribution in [3.63, 3.8) is 0 Å². The molecule has 2 heterocycles. The van der Waals surface area contributed by atoms with Gasteiger partial charge in [-0.2, -0.15) is 0 Å². The Hall–Kier alpha value is -1.07. The number of halogens is 1. The number of hydrogen-bond acceptors (Lipinski definition) is 4. The Bertz CT molecular complexity index is 489. The van der Waals surface area contributed by atoms with Crippen molar-refractivity contribution >= 4 is 34.8 Å². The summed E-state index contributed by atoms with van der Waals surface area (Å²) in [6.07, 6.45) is 2.00. The Morgan fingerprint density at radius 2 is 2.30 bits per heavy atom. The minimum Gasteiger partial charge on any atom is -0.466 e. The monoisotopic (exact) mass is 315 g/mol. The highest BCUT2D eigenvalue weighted by Crippen LogP contribution is 2.24. The lowest BCUT2D eigenvalue weighted by Crippen LogP contribution is -2.43. The Labute approximate surface area is 127 Å². The van der Waals surface area contributed by atoms with Crippen LogP contribution in [0.2, 0.25) is 4.34 Å². The van der Waals surface area contributed by atoms with Crippen LogP contribution in [0.25, 0.3) is 0 Å². The molecule has 20 heavy (non-hydrogen) atoms. The molecule has 1 saturated heterocycles. The molecule has 4 nitrogen and oxygen atoms in total. The zero-order valence-electron chi connectivity index (χ0n) is 11.4. The molecule has 0 N–H and O–H groups in total. The Kier molecular flexibility index (Phi) is 5.43. The number of carbonyl (C=O) groups is 2. The van der Waals surface area contributed by atoms with Crippen LogP contribution < -0.4 is 0 Å². The Morgan fingerprint density at radius 1 is 1.50 bits per heavy atom. The van der Waals surface area contributed by atoms with E-state index in [1.54, 1.807) is 17.9 Å². The van der Waals surface area contributed by atoms with Gasteiger partial charge in [-0.05, 0) is 31.9 Å². The van der Waals surface area contributed by atoms with Gasteiger partial charge < -0.3 is 9.64 Å². The third-order valence-electron chi connectivity index (χ3n) is 3.35. The van der Waals surface area contributed by atoms with Gasteiger partial charge in [-0.15, -0.1) is 11.3 Å². The molecule has 0 bridgehead atoms. The highest BCUT2D eigenvalue weighted by molar-refractivity contribution is 7.16. The van der Waals surface area contributed by atoms with Gasteiger partial charge >= 0.3 is 5.97 Å². The van der Waals surface area contributed by atoms with Crippen LogP contribution in [0.4, 0.5) is 0 Å². The van der Waals surface area contributed by atoms with Crippen LogP contribution in [0.1, 0.15) is 24.6 Å². The number of esters is 1. The molecule has 1 unspecified atom stereocenters. The lowest BCUT2D eigenvalue weighted by molar-refractivity contribution is -0.151. The summed E-state index contributed by atoms with van der Waals surface area (Å²) in [4.78, 5) is 26.7. The predicted octanol–water partition coefficient (Wildman–Crippen LogP) is 2.75. The topological polar surface area (TPSA) is 46.6 Å². The number of carbonyl (C=O) groups excluding carboxylic acids is 2. The van der Waals surface area contributed by atoms with E-state index in [9.17, 15) is 9.59 Å². The number of likely N-dealkylation sites (tertiary alicyclic amines) is 1. The average Bonchev–Trinajstić information content (AvgIpc) is 2.84. The van der Waals surface area contributed by atoms with Crippen molar-refractivity contribution in [2.24, 2.45) is 5.92 Å². The first-order valence-electron chi connectivity index (χ1n) is 6.78. The van der Waals surface area contributed by atoms with E-state index in [-0.39, 0.29) is 17.8 Å². The molecule has 1 amide bonds. The summed E-state index contributed by atoms with van der Waals surface area (Å²) < 4.78 is 5.73. The standard InChI is InChI=1S/C14H18ClNO3S/c1-2-19-14(18)10-4-3-7-16(9-10)13(17)8-11-5-6-12(15)20-11/h5-6,10H,2-4,7-9H2,1H3. The summed E-state index contributed by atoms with van der Waals surface area (Å²) in [5.41, 5.74) is 0. The van der Waals surface area contributed by atoms with Crippen molar-refractivity contribution in [3.8, 4) is 0 Å². The number of piperidine rings is 1. The maximum atomic E-state index is 12.2. The number of amides is 1. The molecule has 0 spiro atoms. The van der Waals surface area contributed by atoms with E-state index in [1.165, 1.54) is 11.3 Å². The minimum atomic E-state index is -0.191. The van der Waals surface area contributed by atoms with E-state index in [4.69, 9.17) is 16.3 Å². The first kappa shape index (κ1) is 15.3. The van der Waals surface area contributed by atoms with Gasteiger partial charge in [0.1, 0.15) is 0 Å². The molecule has 1 fully saturated rings. The van der Waals surface area contributed by atoms with Crippen molar-refractivity contribution in [2.45, 2.75) is 26.2 Å². The van der Waals surface area contributed by atoms with Crippen LogP contribution in [-0.4, -0.2) is 36.5 Å². The van der Waals surface area contributed by atoms with Crippen molar-refractivity contribution < 1.29 is 14.3 Å². The lowest BCUT2D eigenvalue weighted by atomic mass is 9.98. The maximum absolute atomic E-state index is 12.2. The van der Waals surface area contributed by atoms with Crippen molar-refractivity contribution in [2.75, 3.05) is 19.7 Å². The first-order chi connectivity index (χ1) is 9.60. The summed E-state index contributed by atoms with van der Waals surface area (Å²) in [6, 6.07) is 3.67. The van der Waals surface area contributed by atoms with Crippen molar-refractivity contribution in [1.29, 1.82) is 0 Å². The average molecular weight is 316 g/mol. The molecule has 2 rings (SSSR count). The van der Waals surface area contributed by atoms with Crippen LogP contribution in [0.3, 0.4) is 0 Å². The second-order valence-electron chi connectivity index (χ2n) is 4.81. The summed E-state index contributed by atoms with van der Waals surface area (Å²) in [6.45, 7) is 3.37. The van der Waals surface area contributed by atoms with Crippen molar-refractivity contribution in [3.05, 3.63) is 21.3 Å². The fraction of sp³-hybridized carbons (Fsp3) is 0.571. The normalized spacial score (nSPS) is 18.9. The number of nitrogens with zero attached hydrogens (tertiary/aromatic N) is 1. The van der Waals surface area contributed by atoms with Gasteiger partial charge in [0, 0.05) is 18.0 Å². The first-order valence-corrected chi connectivity index (χ1v) is 7.98. The van der Waals surface area contributed by atoms with E-state index < -0.39 is 0 Å². The Balaban J connectivity index is 1.91. The Morgan fingerprint density at radius 3 is 2.95 bits per heavy atom. The van der Waals surface area contributed by atoms with Crippen LogP contribution in [0, 0.1) is 5.92 Å². The second-order valence-corrected chi connectivity index (χ2v) is 6.61. The zero-order valence-corrected chi connectivity index (χ0v) is 13.0. The number of hydrogen-bond donors (Lipinski definition) is 0. The van der Waals surface area contributed by atoms with Gasteiger partial charge in [0.15, 0.2) is 0 Å². The van der Waals surface area contributed by atoms with Gasteiger partial charge in [-0.25, -0.2) is 0 Å². The summed E-state index contributed by atoms with van der Waals surface area (Å²) in [7, 11) is 0. The van der Waals surface area contributed by atoms with E-state index in [0.717, 1.165) is 17.7 Å². The van der Waals surface area contributed by atoms with Gasteiger partial charge in [0.05, 0.1) is 23.3 Å². The highest BCUT2D eigenvalue weighted by atomic mass is 35.5. The summed E-state index contributed by atoms with van der Waals surface area (Å²) in [5.74, 6) is -0.318. The van der Waals surface area contributed by atoms with Crippen LogP contribution in [-0.2, 0) is 20.7 Å². The molecule has 1 atom stereocenters. The molecular formula is C14H18ClNO3S. The number of thiophene rings is 1. The van der Waals surface area contributed by atoms with Gasteiger partial charge in [-0.3, -0.25) is 9.59 Å². The number of rotatable bonds is 4.